The van der Waals surface area contributed by atoms with Crippen LogP contribution >= 0.6 is 27.7 Å². The van der Waals surface area contributed by atoms with Gasteiger partial charge in [-0.1, -0.05) is 40.2 Å². The number of para-hydroxylation sites is 2. The van der Waals surface area contributed by atoms with Crippen LogP contribution in [-0.2, 0) is 4.79 Å². The van der Waals surface area contributed by atoms with Gasteiger partial charge in [0.15, 0.2) is 5.16 Å². The Balaban J connectivity index is 1.62. The van der Waals surface area contributed by atoms with Crippen LogP contribution in [0.5, 0.6) is 0 Å². The lowest BCUT2D eigenvalue weighted by atomic mass is 10.2. The van der Waals surface area contributed by atoms with Gasteiger partial charge in [-0.2, -0.15) is 0 Å². The molecule has 0 saturated heterocycles. The zero-order chi connectivity index (χ0) is 18.8. The second-order valence-electron chi connectivity index (χ2n) is 5.69. The van der Waals surface area contributed by atoms with E-state index in [2.05, 4.69) is 25.9 Å². The highest BCUT2D eigenvalue weighted by Gasteiger charge is 2.14. The van der Waals surface area contributed by atoms with Crippen molar-refractivity contribution in [2.24, 2.45) is 0 Å². The van der Waals surface area contributed by atoms with E-state index in [1.165, 1.54) is 6.08 Å². The summed E-state index contributed by atoms with van der Waals surface area (Å²) < 4.78 is 6.74. The van der Waals surface area contributed by atoms with Crippen LogP contribution in [-0.4, -0.2) is 21.0 Å². The van der Waals surface area contributed by atoms with Crippen molar-refractivity contribution in [3.8, 4) is 11.3 Å². The van der Waals surface area contributed by atoms with E-state index in [9.17, 15) is 9.90 Å². The van der Waals surface area contributed by atoms with Crippen molar-refractivity contribution in [3.05, 3.63) is 75.8 Å². The number of halogens is 1. The minimum atomic E-state index is -1.04. The average Bonchev–Trinajstić information content (AvgIpc) is 3.27. The van der Waals surface area contributed by atoms with Crippen LogP contribution in [0.25, 0.3) is 28.4 Å². The summed E-state index contributed by atoms with van der Waals surface area (Å²) in [5.74, 6) is 0.0906. The van der Waals surface area contributed by atoms with Gasteiger partial charge in [-0.3, -0.25) is 0 Å². The van der Waals surface area contributed by atoms with Crippen molar-refractivity contribution in [2.75, 3.05) is 0 Å². The third-order valence-corrected chi connectivity index (χ3v) is 5.19. The maximum absolute atomic E-state index is 11.7. The summed E-state index contributed by atoms with van der Waals surface area (Å²) in [6, 6.07) is 18.8. The van der Waals surface area contributed by atoms with E-state index in [1.54, 1.807) is 6.07 Å². The van der Waals surface area contributed by atoms with Gasteiger partial charge in [-0.05, 0) is 48.2 Å². The Labute approximate surface area is 167 Å². The number of rotatable bonds is 5. The first-order valence-corrected chi connectivity index (χ1v) is 9.63. The molecule has 2 aromatic carbocycles. The molecule has 0 atom stereocenters. The molecule has 2 aromatic heterocycles. The maximum atomic E-state index is 11.7. The number of aliphatic carboxylic acids is 1. The van der Waals surface area contributed by atoms with Crippen molar-refractivity contribution < 1.29 is 14.3 Å². The Morgan fingerprint density at radius 2 is 2.00 bits per heavy atom. The van der Waals surface area contributed by atoms with Gasteiger partial charge >= 0.3 is 5.97 Å². The largest absolute Gasteiger partial charge is 0.477 e. The van der Waals surface area contributed by atoms with E-state index in [4.69, 9.17) is 4.42 Å². The molecule has 5 nitrogen and oxygen atoms in total. The first-order chi connectivity index (χ1) is 13.1. The Kier molecular flexibility index (Phi) is 4.87. The van der Waals surface area contributed by atoms with Crippen molar-refractivity contribution in [2.45, 2.75) is 5.16 Å². The molecule has 2 N–H and O–H groups in total. The zero-order valence-electron chi connectivity index (χ0n) is 13.8. The van der Waals surface area contributed by atoms with E-state index in [0.717, 1.165) is 32.8 Å². The summed E-state index contributed by atoms with van der Waals surface area (Å²) in [5, 5.41) is 10.1. The lowest BCUT2D eigenvalue weighted by molar-refractivity contribution is -0.131. The van der Waals surface area contributed by atoms with Gasteiger partial charge in [0.1, 0.15) is 16.4 Å². The average molecular weight is 441 g/mol. The molecule has 4 aromatic rings. The number of aromatic amines is 1. The summed E-state index contributed by atoms with van der Waals surface area (Å²) in [6.45, 7) is 0. The Hall–Kier alpha value is -2.77. The molecule has 0 bridgehead atoms. The number of carboxylic acid groups (broad SMARTS) is 1. The predicted molar refractivity (Wildman–Crippen MR) is 109 cm³/mol. The third-order valence-electron chi connectivity index (χ3n) is 3.79. The molecule has 134 valence electrons. The van der Waals surface area contributed by atoms with E-state index < -0.39 is 5.97 Å². The number of nitrogens with zero attached hydrogens (tertiary/aromatic N) is 1. The number of aromatic nitrogens is 2. The molecule has 7 heteroatoms. The van der Waals surface area contributed by atoms with Gasteiger partial charge in [0.2, 0.25) is 0 Å². The Morgan fingerprint density at radius 3 is 2.78 bits per heavy atom. The predicted octanol–water partition coefficient (Wildman–Crippen LogP) is 5.80. The molecule has 4 rings (SSSR count). The minimum absolute atomic E-state index is 0.115. The van der Waals surface area contributed by atoms with Crippen LogP contribution in [0.2, 0.25) is 0 Å². The van der Waals surface area contributed by atoms with Gasteiger partial charge in [0, 0.05) is 16.1 Å². The molecule has 0 unspecified atom stereocenters. The Bertz CT molecular complexity index is 1130. The van der Waals surface area contributed by atoms with Gasteiger partial charge in [0.25, 0.3) is 0 Å². The first-order valence-electron chi connectivity index (χ1n) is 8.02. The summed E-state index contributed by atoms with van der Waals surface area (Å²) in [7, 11) is 0. The van der Waals surface area contributed by atoms with Crippen molar-refractivity contribution in [1.29, 1.82) is 0 Å². The molecule has 27 heavy (non-hydrogen) atoms. The molecule has 0 spiro atoms. The molecule has 0 saturated carbocycles. The number of carboxylic acids is 1. The standard InChI is InChI=1S/C20H13BrN2O3S/c21-13-5-3-4-12(10-13)17-9-8-14(26-17)11-18(19(24)25)27-20-22-15-6-1-2-7-16(15)23-20/h1-11H,(H,22,23)(H,24,25)/b18-11-. The maximum Gasteiger partial charge on any atom is 0.342 e. The molecule has 0 fully saturated rings. The normalized spacial score (nSPS) is 11.8. The molecule has 0 aliphatic heterocycles. The monoisotopic (exact) mass is 440 g/mol. The number of H-pyrrole nitrogens is 1. The van der Waals surface area contributed by atoms with Gasteiger partial charge in [-0.15, -0.1) is 0 Å². The van der Waals surface area contributed by atoms with Crippen LogP contribution in [0.1, 0.15) is 5.76 Å². The highest BCUT2D eigenvalue weighted by molar-refractivity contribution is 9.10. The number of thioether (sulfide) groups is 1. The lowest BCUT2D eigenvalue weighted by Crippen LogP contribution is -1.96. The van der Waals surface area contributed by atoms with E-state index >= 15 is 0 Å². The third kappa shape index (κ3) is 3.99. The highest BCUT2D eigenvalue weighted by Crippen LogP contribution is 2.30. The van der Waals surface area contributed by atoms with E-state index in [-0.39, 0.29) is 4.91 Å². The number of furan rings is 1. The summed E-state index contributed by atoms with van der Waals surface area (Å²) in [4.78, 5) is 19.3. The fourth-order valence-corrected chi connectivity index (χ4v) is 3.75. The number of carbonyl (C=O) groups is 1. The number of nitrogens with one attached hydrogen (secondary N) is 1. The minimum Gasteiger partial charge on any atom is -0.477 e. The number of hydrogen-bond acceptors (Lipinski definition) is 4. The van der Waals surface area contributed by atoms with Crippen molar-refractivity contribution >= 4 is 50.8 Å². The topological polar surface area (TPSA) is 79.1 Å². The number of benzene rings is 2. The quantitative estimate of drug-likeness (QED) is 0.302. The summed E-state index contributed by atoms with van der Waals surface area (Å²) in [5.41, 5.74) is 2.56. The van der Waals surface area contributed by atoms with Crippen LogP contribution < -0.4 is 0 Å². The molecular formula is C20H13BrN2O3S. The first kappa shape index (κ1) is 17.6. The van der Waals surface area contributed by atoms with E-state index in [0.29, 0.717) is 16.7 Å². The lowest BCUT2D eigenvalue weighted by Gasteiger charge is -1.99. The summed E-state index contributed by atoms with van der Waals surface area (Å²) >= 11 is 4.48. The smallest absolute Gasteiger partial charge is 0.342 e. The van der Waals surface area contributed by atoms with Crippen LogP contribution in [0, 0.1) is 0 Å². The van der Waals surface area contributed by atoms with Crippen LogP contribution in [0.3, 0.4) is 0 Å². The second kappa shape index (κ2) is 7.46. The molecule has 2 heterocycles. The fourth-order valence-electron chi connectivity index (χ4n) is 2.57. The van der Waals surface area contributed by atoms with Crippen molar-refractivity contribution in [3.63, 3.8) is 0 Å². The van der Waals surface area contributed by atoms with Gasteiger partial charge in [0.05, 0.1) is 11.0 Å². The second-order valence-corrected chi connectivity index (χ2v) is 7.63. The van der Waals surface area contributed by atoms with E-state index in [1.807, 2.05) is 54.6 Å². The molecule has 0 amide bonds. The summed E-state index contributed by atoms with van der Waals surface area (Å²) in [6.07, 6.45) is 1.50. The van der Waals surface area contributed by atoms with Gasteiger partial charge < -0.3 is 14.5 Å². The Morgan fingerprint density at radius 1 is 1.15 bits per heavy atom. The SMILES string of the molecule is O=C(O)/C(=C/c1ccc(-c2cccc(Br)c2)o1)Sc1nc2ccccc2[nH]1. The van der Waals surface area contributed by atoms with Crippen molar-refractivity contribution in [1.82, 2.24) is 9.97 Å². The van der Waals surface area contributed by atoms with Crippen LogP contribution in [0.4, 0.5) is 0 Å². The highest BCUT2D eigenvalue weighted by atomic mass is 79.9. The number of hydrogen-bond donors (Lipinski definition) is 2. The van der Waals surface area contributed by atoms with Crippen LogP contribution in [0.15, 0.2) is 79.6 Å². The number of fused-ring (bicyclic) bond motifs is 1. The fraction of sp³-hybridized carbons (Fsp3) is 0. The molecule has 0 radical (unpaired) electrons. The molecule has 0 aliphatic carbocycles. The zero-order valence-corrected chi connectivity index (χ0v) is 16.3. The molecular weight excluding hydrogens is 428 g/mol. The van der Waals surface area contributed by atoms with Gasteiger partial charge in [-0.25, -0.2) is 9.78 Å². The molecule has 0 aliphatic rings. The number of imidazole rings is 1.